The zero-order valence-corrected chi connectivity index (χ0v) is 8.60. The first-order valence-electron chi connectivity index (χ1n) is 4.33. The number of aliphatic imine (C=N–C) groups is 1. The van der Waals surface area contributed by atoms with Crippen LogP contribution in [-0.4, -0.2) is 48.4 Å². The molecule has 1 atom stereocenters. The van der Waals surface area contributed by atoms with Gasteiger partial charge in [0.1, 0.15) is 5.84 Å². The van der Waals surface area contributed by atoms with Gasteiger partial charge in [0.2, 0.25) is 0 Å². The molecule has 1 aliphatic heterocycles. The fraction of sp³-hybridized carbons (Fsp3) is 0.875. The smallest absolute Gasteiger partial charge is 0.112 e. The van der Waals surface area contributed by atoms with Crippen LogP contribution >= 0.6 is 11.8 Å². The molecular formula is C8H17N3S. The molecule has 4 heteroatoms. The van der Waals surface area contributed by atoms with Gasteiger partial charge in [0.05, 0.1) is 6.04 Å². The molecule has 0 aromatic carbocycles. The molecule has 1 saturated heterocycles. The Morgan fingerprint density at radius 3 is 3.08 bits per heavy atom. The topological polar surface area (TPSA) is 41.6 Å². The number of nitrogens with two attached hydrogens (primary N) is 1. The fourth-order valence-corrected chi connectivity index (χ4v) is 2.52. The predicted molar refractivity (Wildman–Crippen MR) is 55.9 cm³/mol. The normalized spacial score (nSPS) is 27.5. The van der Waals surface area contributed by atoms with Crippen LogP contribution < -0.4 is 5.73 Å². The second-order valence-corrected chi connectivity index (χ2v) is 4.12. The van der Waals surface area contributed by atoms with Crippen molar-refractivity contribution in [2.45, 2.75) is 13.0 Å². The molecule has 0 radical (unpaired) electrons. The number of hydrogen-bond donors (Lipinski definition) is 1. The van der Waals surface area contributed by atoms with Crippen molar-refractivity contribution in [3.05, 3.63) is 0 Å². The molecule has 0 aromatic rings. The first-order valence-corrected chi connectivity index (χ1v) is 5.49. The zero-order valence-electron chi connectivity index (χ0n) is 7.79. The summed E-state index contributed by atoms with van der Waals surface area (Å²) in [5.74, 6) is 3.10. The first kappa shape index (κ1) is 9.86. The van der Waals surface area contributed by atoms with Crippen LogP contribution in [0.4, 0.5) is 0 Å². The molecule has 1 rings (SSSR count). The van der Waals surface area contributed by atoms with Gasteiger partial charge in [-0.15, -0.1) is 0 Å². The van der Waals surface area contributed by atoms with Crippen molar-refractivity contribution in [2.24, 2.45) is 10.7 Å². The van der Waals surface area contributed by atoms with E-state index in [1.165, 1.54) is 5.75 Å². The molecule has 0 aliphatic carbocycles. The highest BCUT2D eigenvalue weighted by Crippen LogP contribution is 2.14. The van der Waals surface area contributed by atoms with Gasteiger partial charge in [-0.3, -0.25) is 9.89 Å². The van der Waals surface area contributed by atoms with Crippen molar-refractivity contribution in [1.29, 1.82) is 0 Å². The molecule has 12 heavy (non-hydrogen) atoms. The maximum absolute atomic E-state index is 5.84. The Bertz CT molecular complexity index is 170. The Hall–Kier alpha value is -0.220. The van der Waals surface area contributed by atoms with Crippen molar-refractivity contribution in [3.63, 3.8) is 0 Å². The van der Waals surface area contributed by atoms with Crippen LogP contribution in [0.2, 0.25) is 0 Å². The summed E-state index contributed by atoms with van der Waals surface area (Å²) in [5, 5.41) is 0. The lowest BCUT2D eigenvalue weighted by Gasteiger charge is -2.31. The lowest BCUT2D eigenvalue weighted by molar-refractivity contribution is 0.325. The van der Waals surface area contributed by atoms with Crippen LogP contribution in [0.5, 0.6) is 0 Å². The van der Waals surface area contributed by atoms with Gasteiger partial charge in [0.25, 0.3) is 0 Å². The van der Waals surface area contributed by atoms with Gasteiger partial charge in [0.15, 0.2) is 0 Å². The van der Waals surface area contributed by atoms with Gasteiger partial charge >= 0.3 is 0 Å². The predicted octanol–water partition coefficient (Wildman–Crippen LogP) is 0.411. The molecule has 0 bridgehead atoms. The van der Waals surface area contributed by atoms with Crippen molar-refractivity contribution >= 4 is 17.6 Å². The summed E-state index contributed by atoms with van der Waals surface area (Å²) in [4.78, 5) is 6.52. The van der Waals surface area contributed by atoms with E-state index in [1.807, 2.05) is 18.7 Å². The molecule has 0 saturated carbocycles. The molecular weight excluding hydrogens is 170 g/mol. The summed E-state index contributed by atoms with van der Waals surface area (Å²) in [6, 6.07) is 0.365. The van der Waals surface area contributed by atoms with E-state index in [4.69, 9.17) is 5.73 Å². The number of hydrogen-bond acceptors (Lipinski definition) is 3. The maximum Gasteiger partial charge on any atom is 0.112 e. The Morgan fingerprint density at radius 2 is 2.50 bits per heavy atom. The maximum atomic E-state index is 5.84. The van der Waals surface area contributed by atoms with E-state index >= 15 is 0 Å². The Labute approximate surface area is 78.4 Å². The fourth-order valence-electron chi connectivity index (χ4n) is 1.29. The van der Waals surface area contributed by atoms with Crippen molar-refractivity contribution in [1.82, 2.24) is 4.90 Å². The molecule has 1 unspecified atom stereocenters. The van der Waals surface area contributed by atoms with Gasteiger partial charge in [-0.05, 0) is 14.0 Å². The van der Waals surface area contributed by atoms with Crippen LogP contribution in [0, 0.1) is 0 Å². The highest BCUT2D eigenvalue weighted by atomic mass is 32.2. The lowest BCUT2D eigenvalue weighted by atomic mass is 10.2. The zero-order chi connectivity index (χ0) is 8.97. The second kappa shape index (κ2) is 4.72. The summed E-state index contributed by atoms with van der Waals surface area (Å²) < 4.78 is 0. The number of likely N-dealkylation sites (N-methyl/N-ethyl adjacent to an activating group) is 1. The molecule has 0 aromatic heterocycles. The summed E-state index contributed by atoms with van der Waals surface area (Å²) in [6.07, 6.45) is 0. The van der Waals surface area contributed by atoms with E-state index in [0.29, 0.717) is 6.04 Å². The molecule has 2 N–H and O–H groups in total. The van der Waals surface area contributed by atoms with E-state index in [2.05, 4.69) is 16.9 Å². The molecule has 1 fully saturated rings. The molecule has 0 spiro atoms. The average molecular weight is 187 g/mol. The van der Waals surface area contributed by atoms with Gasteiger partial charge in [-0.2, -0.15) is 11.8 Å². The van der Waals surface area contributed by atoms with Gasteiger partial charge in [0, 0.05) is 24.6 Å². The Balaban J connectivity index is 2.53. The van der Waals surface area contributed by atoms with Crippen molar-refractivity contribution < 1.29 is 0 Å². The van der Waals surface area contributed by atoms with Gasteiger partial charge in [-0.1, -0.05) is 0 Å². The van der Waals surface area contributed by atoms with E-state index < -0.39 is 0 Å². The minimum Gasteiger partial charge on any atom is -0.386 e. The van der Waals surface area contributed by atoms with Crippen LogP contribution in [0.15, 0.2) is 4.99 Å². The number of nitrogens with zero attached hydrogens (tertiary/aromatic N) is 2. The number of amidine groups is 1. The SMILES string of the molecule is CCN=C(N)C1CSCCN1C. The minimum absolute atomic E-state index is 0.365. The largest absolute Gasteiger partial charge is 0.386 e. The lowest BCUT2D eigenvalue weighted by Crippen LogP contribution is -2.48. The van der Waals surface area contributed by atoms with Gasteiger partial charge < -0.3 is 5.73 Å². The van der Waals surface area contributed by atoms with E-state index in [9.17, 15) is 0 Å². The highest BCUT2D eigenvalue weighted by Gasteiger charge is 2.21. The summed E-state index contributed by atoms with van der Waals surface area (Å²) in [6.45, 7) is 3.93. The summed E-state index contributed by atoms with van der Waals surface area (Å²) in [7, 11) is 2.11. The molecule has 1 aliphatic rings. The quantitative estimate of drug-likeness (QED) is 0.503. The monoisotopic (exact) mass is 187 g/mol. The van der Waals surface area contributed by atoms with Crippen LogP contribution in [0.1, 0.15) is 6.92 Å². The average Bonchev–Trinajstić information content (AvgIpc) is 2.05. The first-order chi connectivity index (χ1) is 5.75. The van der Waals surface area contributed by atoms with Gasteiger partial charge in [-0.25, -0.2) is 0 Å². The Morgan fingerprint density at radius 1 is 1.75 bits per heavy atom. The highest BCUT2D eigenvalue weighted by molar-refractivity contribution is 7.99. The number of thioether (sulfide) groups is 1. The Kier molecular flexibility index (Phi) is 3.88. The molecule has 0 amide bonds. The van der Waals surface area contributed by atoms with Crippen LogP contribution in [0.3, 0.4) is 0 Å². The van der Waals surface area contributed by atoms with E-state index in [-0.39, 0.29) is 0 Å². The molecule has 70 valence electrons. The van der Waals surface area contributed by atoms with E-state index in [0.717, 1.165) is 24.7 Å². The van der Waals surface area contributed by atoms with Crippen molar-refractivity contribution in [2.75, 3.05) is 31.6 Å². The third-order valence-corrected chi connectivity index (χ3v) is 3.10. The van der Waals surface area contributed by atoms with Crippen LogP contribution in [0.25, 0.3) is 0 Å². The third kappa shape index (κ3) is 2.38. The summed E-state index contributed by atoms with van der Waals surface area (Å²) >= 11 is 1.96. The third-order valence-electron chi connectivity index (χ3n) is 2.08. The molecule has 3 nitrogen and oxygen atoms in total. The van der Waals surface area contributed by atoms with Crippen LogP contribution in [-0.2, 0) is 0 Å². The van der Waals surface area contributed by atoms with E-state index in [1.54, 1.807) is 0 Å². The summed E-state index contributed by atoms with van der Waals surface area (Å²) in [5.41, 5.74) is 5.84. The number of rotatable bonds is 2. The molecule has 1 heterocycles. The minimum atomic E-state index is 0.365. The standard InChI is InChI=1S/C8H17N3S/c1-3-10-8(9)7-6-12-5-4-11(7)2/h7H,3-6H2,1-2H3,(H2,9,10). The second-order valence-electron chi connectivity index (χ2n) is 2.97. The van der Waals surface area contributed by atoms with Crippen molar-refractivity contribution in [3.8, 4) is 0 Å².